The smallest absolute Gasteiger partial charge is 0.191 e. The van der Waals surface area contributed by atoms with E-state index in [1.807, 2.05) is 7.05 Å². The predicted octanol–water partition coefficient (Wildman–Crippen LogP) is 1.34. The van der Waals surface area contributed by atoms with E-state index in [1.165, 1.54) is 11.1 Å². The van der Waals surface area contributed by atoms with Crippen LogP contribution in [0.25, 0.3) is 0 Å². The molecule has 1 heterocycles. The Hall–Kier alpha value is -2.37. The van der Waals surface area contributed by atoms with E-state index in [0.717, 1.165) is 18.2 Å². The molecule has 2 N–H and O–H groups in total. The van der Waals surface area contributed by atoms with Gasteiger partial charge in [0, 0.05) is 26.1 Å². The number of rotatable bonds is 4. The molecule has 0 aliphatic heterocycles. The molecule has 1 aromatic carbocycles. The first-order chi connectivity index (χ1) is 10.7. The van der Waals surface area contributed by atoms with Gasteiger partial charge < -0.3 is 10.6 Å². The Morgan fingerprint density at radius 3 is 2.91 bits per heavy atom. The Balaban J connectivity index is 1.55. The summed E-state index contributed by atoms with van der Waals surface area (Å²) in [6.07, 6.45) is 2.71. The number of guanidine groups is 1. The van der Waals surface area contributed by atoms with Gasteiger partial charge in [-0.15, -0.1) is 0 Å². The summed E-state index contributed by atoms with van der Waals surface area (Å²) in [5.74, 6) is 2.27. The molecule has 0 amide bonds. The van der Waals surface area contributed by atoms with Crippen LogP contribution in [0, 0.1) is 6.92 Å². The van der Waals surface area contributed by atoms with Crippen LogP contribution in [0.4, 0.5) is 0 Å². The van der Waals surface area contributed by atoms with Gasteiger partial charge in [-0.25, -0.2) is 4.98 Å². The quantitative estimate of drug-likeness (QED) is 0.660. The zero-order chi connectivity index (χ0) is 15.5. The minimum Gasteiger partial charge on any atom is -0.353 e. The van der Waals surface area contributed by atoms with Crippen LogP contribution in [0.1, 0.15) is 29.3 Å². The molecule has 2 unspecified atom stereocenters. The monoisotopic (exact) mass is 298 g/mol. The highest BCUT2D eigenvalue weighted by molar-refractivity contribution is 5.80. The second kappa shape index (κ2) is 6.17. The number of nitrogens with zero attached hydrogens (tertiary/aromatic N) is 4. The largest absolute Gasteiger partial charge is 0.353 e. The van der Waals surface area contributed by atoms with Crippen LogP contribution >= 0.6 is 0 Å². The number of hydrogen-bond donors (Lipinski definition) is 2. The standard InChI is InChI=1S/C16H22N6/c1-11-6-4-5-7-12(11)13-8-14(13)21-16(17-2)18-9-15-19-10-20-22(15)3/h4-7,10,13-14H,8-9H2,1-3H3,(H2,17,18,21). The Labute approximate surface area is 130 Å². The molecule has 22 heavy (non-hydrogen) atoms. The Kier molecular flexibility index (Phi) is 4.09. The minimum atomic E-state index is 0.451. The Bertz CT molecular complexity index is 675. The summed E-state index contributed by atoms with van der Waals surface area (Å²) in [5.41, 5.74) is 2.79. The lowest BCUT2D eigenvalue weighted by Gasteiger charge is -2.12. The number of benzene rings is 1. The molecule has 0 bridgehead atoms. The average Bonchev–Trinajstić information content (AvgIpc) is 3.16. The highest BCUT2D eigenvalue weighted by Crippen LogP contribution is 2.41. The van der Waals surface area contributed by atoms with Crippen molar-refractivity contribution in [1.82, 2.24) is 25.4 Å². The maximum atomic E-state index is 4.28. The van der Waals surface area contributed by atoms with Crippen molar-refractivity contribution in [2.75, 3.05) is 7.05 Å². The molecule has 0 saturated heterocycles. The summed E-state index contributed by atoms with van der Waals surface area (Å²) in [5, 5.41) is 10.8. The van der Waals surface area contributed by atoms with E-state index in [-0.39, 0.29) is 0 Å². The van der Waals surface area contributed by atoms with E-state index in [0.29, 0.717) is 18.5 Å². The van der Waals surface area contributed by atoms with Crippen molar-refractivity contribution in [2.45, 2.75) is 31.8 Å². The zero-order valence-corrected chi connectivity index (χ0v) is 13.2. The molecule has 0 spiro atoms. The molecule has 1 aromatic heterocycles. The van der Waals surface area contributed by atoms with Crippen LogP contribution in [0.15, 0.2) is 35.6 Å². The first-order valence-electron chi connectivity index (χ1n) is 7.54. The van der Waals surface area contributed by atoms with Crippen molar-refractivity contribution in [3.05, 3.63) is 47.5 Å². The van der Waals surface area contributed by atoms with Gasteiger partial charge in [-0.05, 0) is 24.5 Å². The highest BCUT2D eigenvalue weighted by atomic mass is 15.3. The van der Waals surface area contributed by atoms with E-state index < -0.39 is 0 Å². The lowest BCUT2D eigenvalue weighted by molar-refractivity contribution is 0.671. The predicted molar refractivity (Wildman–Crippen MR) is 86.7 cm³/mol. The van der Waals surface area contributed by atoms with Crippen LogP contribution in [0.5, 0.6) is 0 Å². The van der Waals surface area contributed by atoms with Crippen LogP contribution in [0.2, 0.25) is 0 Å². The SMILES string of the molecule is CN=C(NCc1ncnn1C)NC1CC1c1ccccc1C. The van der Waals surface area contributed by atoms with E-state index in [2.05, 4.69) is 56.9 Å². The maximum absolute atomic E-state index is 4.28. The van der Waals surface area contributed by atoms with Gasteiger partial charge >= 0.3 is 0 Å². The molecule has 1 aliphatic carbocycles. The molecule has 116 valence electrons. The highest BCUT2D eigenvalue weighted by Gasteiger charge is 2.39. The molecule has 1 fully saturated rings. The van der Waals surface area contributed by atoms with E-state index in [1.54, 1.807) is 18.1 Å². The fourth-order valence-electron chi connectivity index (χ4n) is 2.71. The number of aryl methyl sites for hydroxylation is 2. The molecule has 2 atom stereocenters. The lowest BCUT2D eigenvalue weighted by Crippen LogP contribution is -2.39. The van der Waals surface area contributed by atoms with Gasteiger partial charge in [-0.3, -0.25) is 9.67 Å². The van der Waals surface area contributed by atoms with Gasteiger partial charge in [-0.1, -0.05) is 24.3 Å². The third kappa shape index (κ3) is 3.10. The summed E-state index contributed by atoms with van der Waals surface area (Å²) in [6, 6.07) is 9.04. The molecule has 0 radical (unpaired) electrons. The molecular formula is C16H22N6. The van der Waals surface area contributed by atoms with Gasteiger partial charge in [0.05, 0.1) is 6.54 Å². The topological polar surface area (TPSA) is 67.1 Å². The molecule has 1 saturated carbocycles. The van der Waals surface area contributed by atoms with Crippen molar-refractivity contribution < 1.29 is 0 Å². The van der Waals surface area contributed by atoms with Crippen molar-refractivity contribution in [3.8, 4) is 0 Å². The number of aliphatic imine (C=N–C) groups is 1. The van der Waals surface area contributed by atoms with Crippen molar-refractivity contribution in [2.24, 2.45) is 12.0 Å². The molecule has 2 aromatic rings. The third-order valence-electron chi connectivity index (χ3n) is 4.14. The maximum Gasteiger partial charge on any atom is 0.191 e. The van der Waals surface area contributed by atoms with Crippen molar-refractivity contribution in [1.29, 1.82) is 0 Å². The Morgan fingerprint density at radius 1 is 1.41 bits per heavy atom. The number of aromatic nitrogens is 3. The summed E-state index contributed by atoms with van der Waals surface area (Å²) in [6.45, 7) is 2.78. The molecule has 6 nitrogen and oxygen atoms in total. The number of nitrogens with one attached hydrogen (secondary N) is 2. The number of hydrogen-bond acceptors (Lipinski definition) is 3. The van der Waals surface area contributed by atoms with Crippen LogP contribution in [-0.4, -0.2) is 33.8 Å². The third-order valence-corrected chi connectivity index (χ3v) is 4.14. The van der Waals surface area contributed by atoms with E-state index in [9.17, 15) is 0 Å². The fraction of sp³-hybridized carbons (Fsp3) is 0.438. The first kappa shape index (κ1) is 14.6. The van der Waals surface area contributed by atoms with Gasteiger partial charge in [0.15, 0.2) is 5.96 Å². The van der Waals surface area contributed by atoms with Crippen molar-refractivity contribution >= 4 is 5.96 Å². The molecule has 3 rings (SSSR count). The summed E-state index contributed by atoms with van der Waals surface area (Å²) < 4.78 is 1.76. The van der Waals surface area contributed by atoms with E-state index >= 15 is 0 Å². The fourth-order valence-corrected chi connectivity index (χ4v) is 2.71. The Morgan fingerprint density at radius 2 is 2.23 bits per heavy atom. The average molecular weight is 298 g/mol. The zero-order valence-electron chi connectivity index (χ0n) is 13.2. The first-order valence-corrected chi connectivity index (χ1v) is 7.54. The van der Waals surface area contributed by atoms with E-state index in [4.69, 9.17) is 0 Å². The second-order valence-electron chi connectivity index (χ2n) is 5.68. The van der Waals surface area contributed by atoms with Crippen LogP contribution in [-0.2, 0) is 13.6 Å². The normalized spacial score (nSPS) is 20.8. The van der Waals surface area contributed by atoms with Gasteiger partial charge in [-0.2, -0.15) is 5.10 Å². The van der Waals surface area contributed by atoms with Gasteiger partial charge in [0.2, 0.25) is 0 Å². The van der Waals surface area contributed by atoms with Crippen LogP contribution < -0.4 is 10.6 Å². The molecule has 1 aliphatic rings. The van der Waals surface area contributed by atoms with Gasteiger partial charge in [0.1, 0.15) is 12.2 Å². The molecule has 6 heteroatoms. The molecular weight excluding hydrogens is 276 g/mol. The van der Waals surface area contributed by atoms with Crippen LogP contribution in [0.3, 0.4) is 0 Å². The summed E-state index contributed by atoms with van der Waals surface area (Å²) in [7, 11) is 3.67. The summed E-state index contributed by atoms with van der Waals surface area (Å²) >= 11 is 0. The van der Waals surface area contributed by atoms with Gasteiger partial charge in [0.25, 0.3) is 0 Å². The lowest BCUT2D eigenvalue weighted by atomic mass is 10.0. The second-order valence-corrected chi connectivity index (χ2v) is 5.68. The van der Waals surface area contributed by atoms with Crippen molar-refractivity contribution in [3.63, 3.8) is 0 Å². The summed E-state index contributed by atoms with van der Waals surface area (Å²) in [4.78, 5) is 8.48. The minimum absolute atomic E-state index is 0.451.